The molecule has 2 rings (SSSR count). The minimum Gasteiger partial charge on any atom is -0.475 e. The molecule has 18 heavy (non-hydrogen) atoms. The number of nitrogens with one attached hydrogen (secondary N) is 1. The van der Waals surface area contributed by atoms with Crippen LogP contribution in [0.4, 0.5) is 0 Å². The van der Waals surface area contributed by atoms with Crippen LogP contribution in [0.3, 0.4) is 0 Å². The maximum Gasteiger partial charge on any atom is 0.372 e. The Labute approximate surface area is 106 Å². The first kappa shape index (κ1) is 13.1. The topological polar surface area (TPSA) is 71.7 Å². The van der Waals surface area contributed by atoms with E-state index in [2.05, 4.69) is 12.2 Å². The third kappa shape index (κ3) is 3.11. The van der Waals surface area contributed by atoms with Crippen molar-refractivity contribution < 1.29 is 19.1 Å². The number of furan rings is 1. The van der Waals surface area contributed by atoms with Gasteiger partial charge in [-0.1, -0.05) is 0 Å². The van der Waals surface area contributed by atoms with Crippen molar-refractivity contribution in [1.29, 1.82) is 0 Å². The standard InChI is InChI=1S/C13H19NO4/c1-9(10-2-5-17-6-3-10)14-8-11-4-7-18-12(11)13(15)16/h4,7,9-10,14H,2-3,5-6,8H2,1H3,(H,15,16). The lowest BCUT2D eigenvalue weighted by Crippen LogP contribution is -2.36. The number of hydrogen-bond acceptors (Lipinski definition) is 4. The van der Waals surface area contributed by atoms with Crippen molar-refractivity contribution in [3.05, 3.63) is 23.7 Å². The van der Waals surface area contributed by atoms with Crippen LogP contribution in [0, 0.1) is 5.92 Å². The van der Waals surface area contributed by atoms with E-state index in [4.69, 9.17) is 14.3 Å². The van der Waals surface area contributed by atoms with Crippen LogP contribution in [-0.2, 0) is 11.3 Å². The monoisotopic (exact) mass is 253 g/mol. The van der Waals surface area contributed by atoms with E-state index in [1.54, 1.807) is 6.07 Å². The van der Waals surface area contributed by atoms with Crippen molar-refractivity contribution in [3.8, 4) is 0 Å². The molecule has 0 spiro atoms. The van der Waals surface area contributed by atoms with E-state index in [-0.39, 0.29) is 5.76 Å². The average Bonchev–Trinajstić information content (AvgIpc) is 2.85. The van der Waals surface area contributed by atoms with Crippen molar-refractivity contribution in [2.45, 2.75) is 32.4 Å². The van der Waals surface area contributed by atoms with Crippen LogP contribution in [0.15, 0.2) is 16.7 Å². The maximum atomic E-state index is 10.9. The molecule has 1 atom stereocenters. The molecule has 1 aromatic heterocycles. The summed E-state index contributed by atoms with van der Waals surface area (Å²) in [7, 11) is 0. The third-order valence-electron chi connectivity index (χ3n) is 3.53. The van der Waals surface area contributed by atoms with Crippen LogP contribution in [0.5, 0.6) is 0 Å². The highest BCUT2D eigenvalue weighted by Gasteiger charge is 2.21. The fourth-order valence-electron chi connectivity index (χ4n) is 2.32. The smallest absolute Gasteiger partial charge is 0.372 e. The largest absolute Gasteiger partial charge is 0.475 e. The van der Waals surface area contributed by atoms with E-state index in [1.807, 2.05) is 0 Å². The summed E-state index contributed by atoms with van der Waals surface area (Å²) < 4.78 is 10.3. The Morgan fingerprint density at radius 1 is 1.56 bits per heavy atom. The van der Waals surface area contributed by atoms with Gasteiger partial charge in [-0.3, -0.25) is 0 Å². The molecule has 5 nitrogen and oxygen atoms in total. The van der Waals surface area contributed by atoms with Gasteiger partial charge in [0.15, 0.2) is 0 Å². The zero-order valence-corrected chi connectivity index (χ0v) is 10.5. The molecule has 0 saturated carbocycles. The Morgan fingerprint density at radius 2 is 2.28 bits per heavy atom. The van der Waals surface area contributed by atoms with Crippen molar-refractivity contribution in [2.24, 2.45) is 5.92 Å². The van der Waals surface area contributed by atoms with Crippen molar-refractivity contribution in [1.82, 2.24) is 5.32 Å². The van der Waals surface area contributed by atoms with Gasteiger partial charge in [0.1, 0.15) is 0 Å². The summed E-state index contributed by atoms with van der Waals surface area (Å²) in [5.41, 5.74) is 0.696. The number of carbonyl (C=O) groups is 1. The zero-order chi connectivity index (χ0) is 13.0. The van der Waals surface area contributed by atoms with E-state index in [0.717, 1.165) is 26.1 Å². The van der Waals surface area contributed by atoms with E-state index >= 15 is 0 Å². The number of ether oxygens (including phenoxy) is 1. The quantitative estimate of drug-likeness (QED) is 0.838. The van der Waals surface area contributed by atoms with E-state index in [9.17, 15) is 4.79 Å². The van der Waals surface area contributed by atoms with Gasteiger partial charge in [-0.15, -0.1) is 0 Å². The fourth-order valence-corrected chi connectivity index (χ4v) is 2.32. The van der Waals surface area contributed by atoms with Gasteiger partial charge >= 0.3 is 5.97 Å². The van der Waals surface area contributed by atoms with Crippen LogP contribution in [-0.4, -0.2) is 30.3 Å². The summed E-state index contributed by atoms with van der Waals surface area (Å²) in [5, 5.41) is 12.3. The van der Waals surface area contributed by atoms with E-state index < -0.39 is 5.97 Å². The highest BCUT2D eigenvalue weighted by molar-refractivity contribution is 5.86. The second kappa shape index (κ2) is 6.02. The first-order valence-electron chi connectivity index (χ1n) is 6.29. The summed E-state index contributed by atoms with van der Waals surface area (Å²) in [6, 6.07) is 2.05. The minimum absolute atomic E-state index is 0.0293. The number of aromatic carboxylic acids is 1. The first-order valence-corrected chi connectivity index (χ1v) is 6.29. The summed E-state index contributed by atoms with van der Waals surface area (Å²) in [6.07, 6.45) is 3.54. The molecule has 0 aromatic carbocycles. The molecular formula is C13H19NO4. The first-order chi connectivity index (χ1) is 8.68. The molecule has 5 heteroatoms. The summed E-state index contributed by atoms with van der Waals surface area (Å²) >= 11 is 0. The van der Waals surface area contributed by atoms with Gasteiger partial charge in [-0.25, -0.2) is 4.79 Å². The predicted molar refractivity (Wildman–Crippen MR) is 65.5 cm³/mol. The molecule has 0 aliphatic carbocycles. The third-order valence-corrected chi connectivity index (χ3v) is 3.53. The molecule has 0 bridgehead atoms. The molecule has 0 radical (unpaired) electrons. The lowest BCUT2D eigenvalue weighted by molar-refractivity contribution is 0.0557. The van der Waals surface area contributed by atoms with Gasteiger partial charge in [0.05, 0.1) is 6.26 Å². The normalized spacial score (nSPS) is 18.7. The zero-order valence-electron chi connectivity index (χ0n) is 10.5. The average molecular weight is 253 g/mol. The summed E-state index contributed by atoms with van der Waals surface area (Å²) in [6.45, 7) is 4.30. The second-order valence-corrected chi connectivity index (χ2v) is 4.70. The second-order valence-electron chi connectivity index (χ2n) is 4.70. The van der Waals surface area contributed by atoms with Gasteiger partial charge in [0.25, 0.3) is 0 Å². The van der Waals surface area contributed by atoms with E-state index in [0.29, 0.717) is 24.1 Å². The van der Waals surface area contributed by atoms with Crippen LogP contribution < -0.4 is 5.32 Å². The highest BCUT2D eigenvalue weighted by Crippen LogP contribution is 2.19. The number of carboxylic acids is 1. The Hall–Kier alpha value is -1.33. The van der Waals surface area contributed by atoms with Gasteiger partial charge in [-0.2, -0.15) is 0 Å². The molecule has 1 saturated heterocycles. The molecule has 2 N–H and O–H groups in total. The molecule has 1 aromatic rings. The maximum absolute atomic E-state index is 10.9. The summed E-state index contributed by atoms with van der Waals surface area (Å²) in [4.78, 5) is 10.9. The fraction of sp³-hybridized carbons (Fsp3) is 0.615. The minimum atomic E-state index is -1.02. The van der Waals surface area contributed by atoms with Crippen LogP contribution in [0.2, 0.25) is 0 Å². The predicted octanol–water partition coefficient (Wildman–Crippen LogP) is 1.88. The van der Waals surface area contributed by atoms with Gasteiger partial charge in [0, 0.05) is 31.4 Å². The lowest BCUT2D eigenvalue weighted by Gasteiger charge is -2.28. The molecular weight excluding hydrogens is 234 g/mol. The Bertz CT molecular complexity index is 395. The van der Waals surface area contributed by atoms with Crippen molar-refractivity contribution in [2.75, 3.05) is 13.2 Å². The van der Waals surface area contributed by atoms with Gasteiger partial charge < -0.3 is 19.6 Å². The number of carboxylic acid groups (broad SMARTS) is 1. The van der Waals surface area contributed by atoms with E-state index in [1.165, 1.54) is 6.26 Å². The van der Waals surface area contributed by atoms with Crippen molar-refractivity contribution >= 4 is 5.97 Å². The van der Waals surface area contributed by atoms with Gasteiger partial charge in [-0.05, 0) is 31.7 Å². The molecule has 0 amide bonds. The Kier molecular flexibility index (Phi) is 4.38. The molecule has 1 fully saturated rings. The van der Waals surface area contributed by atoms with Crippen LogP contribution in [0.1, 0.15) is 35.9 Å². The molecule has 2 heterocycles. The molecule has 100 valence electrons. The molecule has 1 aliphatic rings. The molecule has 1 unspecified atom stereocenters. The number of hydrogen-bond donors (Lipinski definition) is 2. The molecule has 1 aliphatic heterocycles. The number of rotatable bonds is 5. The Morgan fingerprint density at radius 3 is 2.94 bits per heavy atom. The van der Waals surface area contributed by atoms with Crippen LogP contribution in [0.25, 0.3) is 0 Å². The van der Waals surface area contributed by atoms with Gasteiger partial charge in [0.2, 0.25) is 5.76 Å². The van der Waals surface area contributed by atoms with Crippen LogP contribution >= 0.6 is 0 Å². The highest BCUT2D eigenvalue weighted by atomic mass is 16.5. The summed E-state index contributed by atoms with van der Waals surface area (Å²) in [5.74, 6) is -0.392. The van der Waals surface area contributed by atoms with Crippen molar-refractivity contribution in [3.63, 3.8) is 0 Å². The lowest BCUT2D eigenvalue weighted by atomic mass is 9.93. The SMILES string of the molecule is CC(NCc1ccoc1C(=O)O)C1CCOCC1. The Balaban J connectivity index is 1.86.